The number of carbonyl (C=O) groups is 3. The van der Waals surface area contributed by atoms with Crippen molar-refractivity contribution >= 4 is 45.8 Å². The molecule has 1 aliphatic heterocycles. The van der Waals surface area contributed by atoms with E-state index in [1.54, 1.807) is 5.38 Å². The minimum atomic E-state index is -0.388. The van der Waals surface area contributed by atoms with E-state index in [4.69, 9.17) is 11.6 Å². The number of hydrogen-bond acceptors (Lipinski definition) is 5. The molecular formula is C17H16ClN3O3S. The van der Waals surface area contributed by atoms with Crippen LogP contribution in [-0.2, 0) is 5.88 Å². The summed E-state index contributed by atoms with van der Waals surface area (Å²) in [4.78, 5) is 42.6. The molecule has 0 aliphatic carbocycles. The standard InChI is InChI=1S/C17H16ClN3O3S/c1-9(2)7-21-15(23)12-4-3-10(5-13(12)16(21)24)14(22)20-17-19-11(6-18)8-25-17/h3-5,8-9H,6-7H2,1-2H3,(H,19,20,22). The van der Waals surface area contributed by atoms with E-state index in [0.717, 1.165) is 0 Å². The van der Waals surface area contributed by atoms with Gasteiger partial charge >= 0.3 is 0 Å². The Morgan fingerprint density at radius 3 is 2.64 bits per heavy atom. The molecule has 0 saturated carbocycles. The topological polar surface area (TPSA) is 79.4 Å². The van der Waals surface area contributed by atoms with Crippen LogP contribution in [-0.4, -0.2) is 34.2 Å². The van der Waals surface area contributed by atoms with Crippen LogP contribution in [0, 0.1) is 5.92 Å². The lowest BCUT2D eigenvalue weighted by Crippen LogP contribution is -2.33. The van der Waals surface area contributed by atoms with Crippen LogP contribution in [0.4, 0.5) is 5.13 Å². The Kier molecular flexibility index (Phi) is 4.87. The van der Waals surface area contributed by atoms with E-state index in [0.29, 0.717) is 28.5 Å². The van der Waals surface area contributed by atoms with Gasteiger partial charge in [-0.2, -0.15) is 0 Å². The highest BCUT2D eigenvalue weighted by Crippen LogP contribution is 2.25. The zero-order valence-corrected chi connectivity index (χ0v) is 15.3. The first-order valence-corrected chi connectivity index (χ1v) is 9.14. The monoisotopic (exact) mass is 377 g/mol. The molecule has 0 unspecified atom stereocenters. The normalized spacial score (nSPS) is 13.5. The molecule has 8 heteroatoms. The lowest BCUT2D eigenvalue weighted by Gasteiger charge is -2.15. The SMILES string of the molecule is CC(C)CN1C(=O)c2ccc(C(=O)Nc3nc(CCl)cs3)cc2C1=O. The molecule has 1 aromatic heterocycles. The summed E-state index contributed by atoms with van der Waals surface area (Å²) in [5.41, 5.74) is 1.58. The van der Waals surface area contributed by atoms with Crippen molar-refractivity contribution in [3.05, 3.63) is 46.0 Å². The highest BCUT2D eigenvalue weighted by atomic mass is 35.5. The molecule has 0 bridgehead atoms. The molecule has 6 nitrogen and oxygen atoms in total. The number of carbonyl (C=O) groups excluding carboxylic acids is 3. The number of hydrogen-bond donors (Lipinski definition) is 1. The summed E-state index contributed by atoms with van der Waals surface area (Å²) in [5, 5.41) is 4.87. The van der Waals surface area contributed by atoms with Gasteiger partial charge in [0.2, 0.25) is 0 Å². The van der Waals surface area contributed by atoms with Crippen LogP contribution in [0.2, 0.25) is 0 Å². The number of halogens is 1. The number of rotatable bonds is 5. The molecule has 1 N–H and O–H groups in total. The van der Waals surface area contributed by atoms with E-state index in [9.17, 15) is 14.4 Å². The molecule has 0 radical (unpaired) electrons. The summed E-state index contributed by atoms with van der Waals surface area (Å²) in [6.45, 7) is 4.23. The molecule has 2 heterocycles. The van der Waals surface area contributed by atoms with Crippen LogP contribution in [0.15, 0.2) is 23.6 Å². The number of imide groups is 1. The Morgan fingerprint density at radius 1 is 1.28 bits per heavy atom. The Balaban J connectivity index is 1.82. The lowest BCUT2D eigenvalue weighted by atomic mass is 10.1. The minimum Gasteiger partial charge on any atom is -0.298 e. The zero-order chi connectivity index (χ0) is 18.1. The van der Waals surface area contributed by atoms with Crippen molar-refractivity contribution in [1.82, 2.24) is 9.88 Å². The Bertz CT molecular complexity index is 863. The molecule has 3 amide bonds. The molecule has 1 aliphatic rings. The van der Waals surface area contributed by atoms with Gasteiger partial charge in [0.05, 0.1) is 22.7 Å². The van der Waals surface area contributed by atoms with Crippen molar-refractivity contribution in [2.45, 2.75) is 19.7 Å². The van der Waals surface area contributed by atoms with E-state index < -0.39 is 0 Å². The van der Waals surface area contributed by atoms with Crippen LogP contribution < -0.4 is 5.32 Å². The summed E-state index contributed by atoms with van der Waals surface area (Å²) in [6, 6.07) is 4.52. The average molecular weight is 378 g/mol. The van der Waals surface area contributed by atoms with Gasteiger partial charge < -0.3 is 0 Å². The van der Waals surface area contributed by atoms with E-state index in [1.165, 1.54) is 34.4 Å². The predicted octanol–water partition coefficient (Wildman–Crippen LogP) is 3.39. The molecule has 1 aromatic carbocycles. The molecule has 3 rings (SSSR count). The van der Waals surface area contributed by atoms with Crippen LogP contribution in [0.5, 0.6) is 0 Å². The van der Waals surface area contributed by atoms with Crippen molar-refractivity contribution in [3.8, 4) is 0 Å². The maximum atomic E-state index is 12.5. The first kappa shape index (κ1) is 17.6. The highest BCUT2D eigenvalue weighted by Gasteiger charge is 2.36. The number of nitrogens with one attached hydrogen (secondary N) is 1. The number of amides is 3. The van der Waals surface area contributed by atoms with Gasteiger partial charge in [-0.1, -0.05) is 13.8 Å². The smallest absolute Gasteiger partial charge is 0.261 e. The van der Waals surface area contributed by atoms with E-state index in [2.05, 4.69) is 10.3 Å². The maximum Gasteiger partial charge on any atom is 0.261 e. The molecule has 130 valence electrons. The van der Waals surface area contributed by atoms with E-state index >= 15 is 0 Å². The minimum absolute atomic E-state index is 0.172. The third-order valence-electron chi connectivity index (χ3n) is 3.69. The second-order valence-electron chi connectivity index (χ2n) is 6.11. The van der Waals surface area contributed by atoms with Crippen LogP contribution in [0.3, 0.4) is 0 Å². The number of benzene rings is 1. The van der Waals surface area contributed by atoms with Crippen molar-refractivity contribution < 1.29 is 14.4 Å². The van der Waals surface area contributed by atoms with Crippen molar-refractivity contribution in [1.29, 1.82) is 0 Å². The Hall–Kier alpha value is -2.25. The van der Waals surface area contributed by atoms with Crippen molar-refractivity contribution in [2.75, 3.05) is 11.9 Å². The van der Waals surface area contributed by atoms with Crippen LogP contribution in [0.25, 0.3) is 0 Å². The van der Waals surface area contributed by atoms with Gasteiger partial charge in [-0.25, -0.2) is 4.98 Å². The molecule has 25 heavy (non-hydrogen) atoms. The third-order valence-corrected chi connectivity index (χ3v) is 4.77. The fraction of sp³-hybridized carbons (Fsp3) is 0.294. The average Bonchev–Trinajstić information content (AvgIpc) is 3.13. The molecule has 2 aromatic rings. The highest BCUT2D eigenvalue weighted by molar-refractivity contribution is 7.14. The van der Waals surface area contributed by atoms with Gasteiger partial charge in [0.25, 0.3) is 17.7 Å². The van der Waals surface area contributed by atoms with Gasteiger partial charge in [0.15, 0.2) is 5.13 Å². The number of nitrogens with zero attached hydrogens (tertiary/aromatic N) is 2. The molecule has 0 spiro atoms. The summed E-state index contributed by atoms with van der Waals surface area (Å²) in [5.74, 6) is -0.616. The first-order valence-electron chi connectivity index (χ1n) is 7.72. The van der Waals surface area contributed by atoms with Gasteiger partial charge in [0, 0.05) is 17.5 Å². The molecule has 0 fully saturated rings. The Labute approximate surface area is 153 Å². The van der Waals surface area contributed by atoms with Crippen LogP contribution in [0.1, 0.15) is 50.6 Å². The van der Waals surface area contributed by atoms with E-state index in [-0.39, 0.29) is 35.1 Å². The Morgan fingerprint density at radius 2 is 2.00 bits per heavy atom. The summed E-state index contributed by atoms with van der Waals surface area (Å²) in [6.07, 6.45) is 0. The number of thiazole rings is 1. The number of alkyl halides is 1. The predicted molar refractivity (Wildman–Crippen MR) is 96.3 cm³/mol. The quantitative estimate of drug-likeness (QED) is 0.639. The van der Waals surface area contributed by atoms with Crippen LogP contribution >= 0.6 is 22.9 Å². The second kappa shape index (κ2) is 6.93. The fourth-order valence-corrected chi connectivity index (χ4v) is 3.49. The fourth-order valence-electron chi connectivity index (χ4n) is 2.56. The molecule has 0 saturated heterocycles. The second-order valence-corrected chi connectivity index (χ2v) is 7.23. The number of anilines is 1. The van der Waals surface area contributed by atoms with Crippen molar-refractivity contribution in [2.24, 2.45) is 5.92 Å². The zero-order valence-electron chi connectivity index (χ0n) is 13.7. The summed E-state index contributed by atoms with van der Waals surface area (Å²) in [7, 11) is 0. The molecular weight excluding hydrogens is 362 g/mol. The summed E-state index contributed by atoms with van der Waals surface area (Å²) < 4.78 is 0. The molecule has 0 atom stereocenters. The lowest BCUT2D eigenvalue weighted by molar-refractivity contribution is 0.0636. The van der Waals surface area contributed by atoms with E-state index in [1.807, 2.05) is 13.8 Å². The number of fused-ring (bicyclic) bond motifs is 1. The van der Waals surface area contributed by atoms with Gasteiger partial charge in [-0.15, -0.1) is 22.9 Å². The van der Waals surface area contributed by atoms with Gasteiger partial charge in [-0.3, -0.25) is 24.6 Å². The summed E-state index contributed by atoms with van der Waals surface area (Å²) >= 11 is 6.97. The van der Waals surface area contributed by atoms with Crippen molar-refractivity contribution in [3.63, 3.8) is 0 Å². The first-order chi connectivity index (χ1) is 11.9. The maximum absolute atomic E-state index is 12.5. The number of aromatic nitrogens is 1. The van der Waals surface area contributed by atoms with Gasteiger partial charge in [0.1, 0.15) is 0 Å². The largest absolute Gasteiger partial charge is 0.298 e. The third kappa shape index (κ3) is 3.43. The van der Waals surface area contributed by atoms with Gasteiger partial charge in [-0.05, 0) is 24.1 Å².